The van der Waals surface area contributed by atoms with E-state index in [4.69, 9.17) is 4.74 Å². The van der Waals surface area contributed by atoms with Crippen molar-refractivity contribution >= 4 is 21.9 Å². The Hall–Kier alpha value is -3.94. The highest BCUT2D eigenvalue weighted by molar-refractivity contribution is 6.00. The van der Waals surface area contributed by atoms with Gasteiger partial charge in [0.25, 0.3) is 5.56 Å². The van der Waals surface area contributed by atoms with Gasteiger partial charge in [0, 0.05) is 48.6 Å². The summed E-state index contributed by atoms with van der Waals surface area (Å²) in [7, 11) is 1.85. The number of benzene rings is 2. The molecule has 6 nitrogen and oxygen atoms in total. The molecule has 0 bridgehead atoms. The predicted molar refractivity (Wildman–Crippen MR) is 114 cm³/mol. The normalized spacial score (nSPS) is 11.5. The highest BCUT2D eigenvalue weighted by Gasteiger charge is 2.20. The summed E-state index contributed by atoms with van der Waals surface area (Å²) in [5, 5.41) is 0.717. The first kappa shape index (κ1) is 19.0. The molecule has 2 aromatic carbocycles. The van der Waals surface area contributed by atoms with E-state index in [1.54, 1.807) is 23.3 Å². The van der Waals surface area contributed by atoms with Gasteiger partial charge in [-0.05, 0) is 37.3 Å². The molecule has 0 unspecified atom stereocenters. The number of hydrogen-bond donors (Lipinski definition) is 1. The Morgan fingerprint density at radius 3 is 2.74 bits per heavy atom. The Bertz CT molecular complexity index is 1510. The molecule has 0 aliphatic heterocycles. The number of ether oxygens (including phenoxy) is 1. The predicted octanol–water partition coefficient (Wildman–Crippen LogP) is 4.97. The summed E-state index contributed by atoms with van der Waals surface area (Å²) < 4.78 is 37.2. The summed E-state index contributed by atoms with van der Waals surface area (Å²) in [4.78, 5) is 20.1. The van der Waals surface area contributed by atoms with Crippen LogP contribution in [0.1, 0.15) is 6.92 Å². The van der Waals surface area contributed by atoms with Crippen molar-refractivity contribution in [3.05, 3.63) is 77.1 Å². The Morgan fingerprint density at radius 1 is 1.13 bits per heavy atom. The van der Waals surface area contributed by atoms with E-state index in [-0.39, 0.29) is 11.3 Å². The molecule has 3 heterocycles. The lowest BCUT2D eigenvalue weighted by Gasteiger charge is -2.15. The van der Waals surface area contributed by atoms with Crippen LogP contribution < -0.4 is 10.3 Å². The molecule has 5 aromatic rings. The number of imidazole rings is 1. The van der Waals surface area contributed by atoms with Gasteiger partial charge < -0.3 is 18.9 Å². The summed E-state index contributed by atoms with van der Waals surface area (Å²) >= 11 is 0. The maximum atomic E-state index is 14.4. The highest BCUT2D eigenvalue weighted by atomic mass is 19.1. The van der Waals surface area contributed by atoms with Gasteiger partial charge in [-0.15, -0.1) is 0 Å². The third kappa shape index (κ3) is 2.99. The standard InChI is InChI=1S/C23H18F2N4O2/c1-3-29-11-16(14-8-9-26-20(14)23(29)30)15-5-6-18-21(27-12-28(18)2)22(15)31-19-7-4-13(24)10-17(19)25/h4-12,26H,3H2,1-2H3. The minimum Gasteiger partial charge on any atom is -0.451 e. The molecule has 0 radical (unpaired) electrons. The Kier molecular flexibility index (Phi) is 4.35. The van der Waals surface area contributed by atoms with Gasteiger partial charge in [-0.2, -0.15) is 0 Å². The van der Waals surface area contributed by atoms with Gasteiger partial charge in [0.1, 0.15) is 16.9 Å². The van der Waals surface area contributed by atoms with Crippen LogP contribution in [0.5, 0.6) is 11.5 Å². The van der Waals surface area contributed by atoms with E-state index in [1.165, 1.54) is 6.07 Å². The molecule has 3 aromatic heterocycles. The Labute approximate surface area is 175 Å². The fourth-order valence-corrected chi connectivity index (χ4v) is 3.81. The third-order valence-corrected chi connectivity index (χ3v) is 5.38. The number of hydrogen-bond acceptors (Lipinski definition) is 3. The van der Waals surface area contributed by atoms with E-state index in [0.29, 0.717) is 28.9 Å². The van der Waals surface area contributed by atoms with Crippen LogP contribution in [0.3, 0.4) is 0 Å². The monoisotopic (exact) mass is 420 g/mol. The van der Waals surface area contributed by atoms with Gasteiger partial charge in [-0.1, -0.05) is 0 Å². The maximum absolute atomic E-state index is 14.4. The number of aromatic nitrogens is 4. The van der Waals surface area contributed by atoms with Crippen LogP contribution in [0.4, 0.5) is 8.78 Å². The van der Waals surface area contributed by atoms with Crippen molar-refractivity contribution in [2.75, 3.05) is 0 Å². The number of rotatable bonds is 4. The van der Waals surface area contributed by atoms with Gasteiger partial charge in [-0.3, -0.25) is 4.79 Å². The molecule has 0 aliphatic carbocycles. The fraction of sp³-hybridized carbons (Fsp3) is 0.130. The zero-order valence-electron chi connectivity index (χ0n) is 16.8. The number of pyridine rings is 1. The lowest BCUT2D eigenvalue weighted by molar-refractivity contribution is 0.442. The maximum Gasteiger partial charge on any atom is 0.274 e. The molecule has 0 saturated carbocycles. The molecule has 5 rings (SSSR count). The number of halogens is 2. The number of fused-ring (bicyclic) bond motifs is 2. The van der Waals surface area contributed by atoms with E-state index >= 15 is 0 Å². The van der Waals surface area contributed by atoms with Crippen molar-refractivity contribution in [1.82, 2.24) is 19.1 Å². The van der Waals surface area contributed by atoms with Gasteiger partial charge in [-0.25, -0.2) is 13.8 Å². The van der Waals surface area contributed by atoms with Gasteiger partial charge in [0.05, 0.1) is 11.8 Å². The fourth-order valence-electron chi connectivity index (χ4n) is 3.81. The van der Waals surface area contributed by atoms with Gasteiger partial charge >= 0.3 is 0 Å². The van der Waals surface area contributed by atoms with E-state index in [9.17, 15) is 13.6 Å². The topological polar surface area (TPSA) is 64.8 Å². The van der Waals surface area contributed by atoms with E-state index in [1.807, 2.05) is 36.7 Å². The van der Waals surface area contributed by atoms with Crippen molar-refractivity contribution in [2.24, 2.45) is 7.05 Å². The second-order valence-electron chi connectivity index (χ2n) is 7.24. The van der Waals surface area contributed by atoms with Crippen LogP contribution >= 0.6 is 0 Å². The summed E-state index contributed by atoms with van der Waals surface area (Å²) in [6, 6.07) is 8.72. The van der Waals surface area contributed by atoms with Crippen LogP contribution in [-0.4, -0.2) is 19.1 Å². The number of aryl methyl sites for hydroxylation is 2. The molecule has 31 heavy (non-hydrogen) atoms. The van der Waals surface area contributed by atoms with Crippen molar-refractivity contribution in [1.29, 1.82) is 0 Å². The lowest BCUT2D eigenvalue weighted by atomic mass is 10.0. The van der Waals surface area contributed by atoms with Crippen LogP contribution in [0.15, 0.2) is 59.9 Å². The Morgan fingerprint density at radius 2 is 1.97 bits per heavy atom. The summed E-state index contributed by atoms with van der Waals surface area (Å²) in [6.45, 7) is 2.36. The highest BCUT2D eigenvalue weighted by Crippen LogP contribution is 2.41. The number of aromatic amines is 1. The second-order valence-corrected chi connectivity index (χ2v) is 7.24. The minimum absolute atomic E-state index is 0.116. The summed E-state index contributed by atoms with van der Waals surface area (Å²) in [6.07, 6.45) is 5.10. The first-order valence-corrected chi connectivity index (χ1v) is 9.75. The van der Waals surface area contributed by atoms with Crippen LogP contribution in [0, 0.1) is 11.6 Å². The van der Waals surface area contributed by atoms with Crippen LogP contribution in [-0.2, 0) is 13.6 Å². The molecule has 0 atom stereocenters. The van der Waals surface area contributed by atoms with Crippen molar-refractivity contribution in [3.63, 3.8) is 0 Å². The molecule has 8 heteroatoms. The first-order chi connectivity index (χ1) is 15.0. The van der Waals surface area contributed by atoms with Gasteiger partial charge in [0.2, 0.25) is 0 Å². The smallest absolute Gasteiger partial charge is 0.274 e. The summed E-state index contributed by atoms with van der Waals surface area (Å²) in [5.74, 6) is -1.29. The molecule has 156 valence electrons. The quantitative estimate of drug-likeness (QED) is 0.446. The zero-order chi connectivity index (χ0) is 21.7. The van der Waals surface area contributed by atoms with Crippen LogP contribution in [0.2, 0.25) is 0 Å². The summed E-state index contributed by atoms with van der Waals surface area (Å²) in [5.41, 5.74) is 3.04. The van der Waals surface area contributed by atoms with Gasteiger partial charge in [0.15, 0.2) is 17.3 Å². The second kappa shape index (κ2) is 7.09. The molecule has 0 amide bonds. The SMILES string of the molecule is CCn1cc(-c2ccc3c(ncn3C)c2Oc2ccc(F)cc2F)c2cc[nH]c2c1=O. The minimum atomic E-state index is -0.816. The van der Waals surface area contributed by atoms with Crippen molar-refractivity contribution < 1.29 is 13.5 Å². The average molecular weight is 420 g/mol. The Balaban J connectivity index is 1.82. The zero-order valence-corrected chi connectivity index (χ0v) is 16.8. The third-order valence-electron chi connectivity index (χ3n) is 5.38. The van der Waals surface area contributed by atoms with E-state index in [2.05, 4.69) is 9.97 Å². The largest absolute Gasteiger partial charge is 0.451 e. The molecular formula is C23H18F2N4O2. The number of H-pyrrole nitrogens is 1. The number of nitrogens with one attached hydrogen (secondary N) is 1. The first-order valence-electron chi connectivity index (χ1n) is 9.75. The molecular weight excluding hydrogens is 402 g/mol. The lowest BCUT2D eigenvalue weighted by Crippen LogP contribution is -2.19. The van der Waals surface area contributed by atoms with E-state index < -0.39 is 11.6 Å². The molecule has 0 spiro atoms. The molecule has 1 N–H and O–H groups in total. The van der Waals surface area contributed by atoms with Crippen molar-refractivity contribution in [2.45, 2.75) is 13.5 Å². The number of nitrogens with zero attached hydrogens (tertiary/aromatic N) is 3. The average Bonchev–Trinajstić information content (AvgIpc) is 3.39. The van der Waals surface area contributed by atoms with Crippen LogP contribution in [0.25, 0.3) is 33.1 Å². The van der Waals surface area contributed by atoms with Crippen molar-refractivity contribution in [3.8, 4) is 22.6 Å². The molecule has 0 saturated heterocycles. The molecule has 0 aliphatic rings. The molecule has 0 fully saturated rings. The van der Waals surface area contributed by atoms with E-state index in [0.717, 1.165) is 28.6 Å².